The maximum atomic E-state index is 14.4. The number of halogens is 3. The average Bonchev–Trinajstić information content (AvgIpc) is 3.05. The Morgan fingerprint density at radius 1 is 1.06 bits per heavy atom. The number of carbonyl (C=O) groups excluding carboxylic acids is 2. The van der Waals surface area contributed by atoms with Gasteiger partial charge in [-0.15, -0.1) is 0 Å². The van der Waals surface area contributed by atoms with Crippen molar-refractivity contribution in [2.75, 3.05) is 17.3 Å². The van der Waals surface area contributed by atoms with E-state index in [1.165, 1.54) is 11.0 Å². The van der Waals surface area contributed by atoms with Crippen molar-refractivity contribution in [3.05, 3.63) is 93.5 Å². The molecule has 2 aliphatic rings. The van der Waals surface area contributed by atoms with Crippen molar-refractivity contribution < 1.29 is 18.4 Å². The molecule has 2 heterocycles. The fourth-order valence-corrected chi connectivity index (χ4v) is 4.64. The number of aliphatic imine (C=N–C) groups is 1. The van der Waals surface area contributed by atoms with E-state index in [9.17, 15) is 18.4 Å². The first-order chi connectivity index (χ1) is 16.2. The molecular formula is C26H20ClF2N3O2. The molecule has 3 aromatic rings. The second-order valence-corrected chi connectivity index (χ2v) is 8.91. The number of rotatable bonds is 3. The van der Waals surface area contributed by atoms with Crippen LogP contribution >= 0.6 is 11.6 Å². The molecule has 1 N–H and O–H groups in total. The third-order valence-corrected chi connectivity index (χ3v) is 6.61. The van der Waals surface area contributed by atoms with E-state index in [1.54, 1.807) is 31.3 Å². The highest BCUT2D eigenvalue weighted by atomic mass is 35.5. The molecule has 2 aliphatic heterocycles. The van der Waals surface area contributed by atoms with Crippen LogP contribution in [-0.4, -0.2) is 30.6 Å². The summed E-state index contributed by atoms with van der Waals surface area (Å²) in [6.45, 7) is 1.83. The zero-order valence-electron chi connectivity index (χ0n) is 18.4. The summed E-state index contributed by atoms with van der Waals surface area (Å²) in [6.07, 6.45) is -0.244. The average molecular weight is 480 g/mol. The van der Waals surface area contributed by atoms with E-state index in [2.05, 4.69) is 5.32 Å². The summed E-state index contributed by atoms with van der Waals surface area (Å²) >= 11 is 6.29. The van der Waals surface area contributed by atoms with Gasteiger partial charge in [-0.25, -0.2) is 8.78 Å². The number of amides is 2. The maximum Gasteiger partial charge on any atom is 0.251 e. The third kappa shape index (κ3) is 3.66. The van der Waals surface area contributed by atoms with Gasteiger partial charge in [0, 0.05) is 40.9 Å². The number of nitrogens with one attached hydrogen (secondary N) is 1. The van der Waals surface area contributed by atoms with Crippen LogP contribution in [0.1, 0.15) is 35.1 Å². The van der Waals surface area contributed by atoms with Crippen LogP contribution in [0.4, 0.5) is 20.2 Å². The molecule has 2 unspecified atom stereocenters. The minimum absolute atomic E-state index is 0.0961. The predicted octanol–water partition coefficient (Wildman–Crippen LogP) is 5.10. The molecule has 0 aromatic heterocycles. The molecule has 34 heavy (non-hydrogen) atoms. The van der Waals surface area contributed by atoms with E-state index in [0.717, 1.165) is 17.7 Å². The van der Waals surface area contributed by atoms with Crippen LogP contribution in [0.15, 0.2) is 59.6 Å². The molecule has 2 amide bonds. The minimum Gasteiger partial charge on any atom is -0.325 e. The Morgan fingerprint density at radius 3 is 2.53 bits per heavy atom. The van der Waals surface area contributed by atoms with Crippen molar-refractivity contribution in [2.24, 2.45) is 4.99 Å². The van der Waals surface area contributed by atoms with Gasteiger partial charge in [-0.3, -0.25) is 14.6 Å². The van der Waals surface area contributed by atoms with Crippen molar-refractivity contribution >= 4 is 40.5 Å². The van der Waals surface area contributed by atoms with Crippen LogP contribution in [-0.2, 0) is 16.0 Å². The lowest BCUT2D eigenvalue weighted by molar-refractivity contribution is -0.119. The zero-order valence-corrected chi connectivity index (χ0v) is 19.2. The van der Waals surface area contributed by atoms with Gasteiger partial charge in [0.15, 0.2) is 0 Å². The Kier molecular flexibility index (Phi) is 5.44. The smallest absolute Gasteiger partial charge is 0.251 e. The number of carbonyl (C=O) groups is 2. The molecule has 5 nitrogen and oxygen atoms in total. The molecule has 3 aromatic carbocycles. The van der Waals surface area contributed by atoms with E-state index >= 15 is 0 Å². The van der Waals surface area contributed by atoms with Gasteiger partial charge in [0.1, 0.15) is 17.7 Å². The zero-order chi connectivity index (χ0) is 24.1. The van der Waals surface area contributed by atoms with Gasteiger partial charge in [-0.1, -0.05) is 29.8 Å². The molecule has 8 heteroatoms. The van der Waals surface area contributed by atoms with E-state index < -0.39 is 23.6 Å². The molecule has 5 rings (SSSR count). The van der Waals surface area contributed by atoms with E-state index in [0.29, 0.717) is 33.2 Å². The number of benzodiazepines with no additional fused rings is 1. The quantitative estimate of drug-likeness (QED) is 0.568. The van der Waals surface area contributed by atoms with Crippen molar-refractivity contribution in [3.63, 3.8) is 0 Å². The fraction of sp³-hybridized carbons (Fsp3) is 0.192. The summed E-state index contributed by atoms with van der Waals surface area (Å²) in [5, 5.41) is 3.32. The first-order valence-electron chi connectivity index (χ1n) is 10.8. The van der Waals surface area contributed by atoms with Crippen molar-refractivity contribution in [1.29, 1.82) is 0 Å². The third-order valence-electron chi connectivity index (χ3n) is 6.38. The van der Waals surface area contributed by atoms with E-state index in [4.69, 9.17) is 16.6 Å². The Morgan fingerprint density at radius 2 is 1.79 bits per heavy atom. The lowest BCUT2D eigenvalue weighted by Crippen LogP contribution is -2.36. The summed E-state index contributed by atoms with van der Waals surface area (Å²) in [5.74, 6) is -2.23. The van der Waals surface area contributed by atoms with Gasteiger partial charge >= 0.3 is 0 Å². The van der Waals surface area contributed by atoms with Gasteiger partial charge in [-0.05, 0) is 48.9 Å². The van der Waals surface area contributed by atoms with Gasteiger partial charge in [0.05, 0.1) is 17.3 Å². The van der Waals surface area contributed by atoms with Crippen LogP contribution in [0, 0.1) is 11.6 Å². The lowest BCUT2D eigenvalue weighted by Gasteiger charge is -2.21. The summed E-state index contributed by atoms with van der Waals surface area (Å²) in [5.41, 5.74) is 3.62. The number of anilines is 2. The van der Waals surface area contributed by atoms with Crippen molar-refractivity contribution in [3.8, 4) is 0 Å². The number of fused-ring (bicyclic) bond motifs is 2. The lowest BCUT2D eigenvalue weighted by atomic mass is 9.96. The van der Waals surface area contributed by atoms with Crippen molar-refractivity contribution in [1.82, 2.24) is 0 Å². The van der Waals surface area contributed by atoms with E-state index in [1.807, 2.05) is 19.1 Å². The SMILES string of the molecule is CC1C(=O)Nc2cc(C3=NC(Cc4c(F)cccc4F)C(=O)N(C)c4ccc(Cl)cc43)ccc21. The minimum atomic E-state index is -1.07. The topological polar surface area (TPSA) is 61.8 Å². The summed E-state index contributed by atoms with van der Waals surface area (Å²) in [4.78, 5) is 31.6. The first kappa shape index (κ1) is 22.2. The van der Waals surface area contributed by atoms with Crippen LogP contribution in [0.3, 0.4) is 0 Å². The maximum absolute atomic E-state index is 14.4. The summed E-state index contributed by atoms with van der Waals surface area (Å²) in [6, 6.07) is 13.1. The Bertz CT molecular complexity index is 1370. The molecule has 0 saturated heterocycles. The molecule has 0 saturated carbocycles. The number of nitrogens with zero attached hydrogens (tertiary/aromatic N) is 2. The monoisotopic (exact) mass is 479 g/mol. The Labute approximate surface area is 200 Å². The fourth-order valence-electron chi connectivity index (χ4n) is 4.47. The normalized spacial score (nSPS) is 19.3. The largest absolute Gasteiger partial charge is 0.325 e. The number of likely N-dealkylation sites (N-methyl/N-ethyl adjacent to an activating group) is 1. The molecule has 0 bridgehead atoms. The molecule has 172 valence electrons. The first-order valence-corrected chi connectivity index (χ1v) is 11.2. The summed E-state index contributed by atoms with van der Waals surface area (Å²) in [7, 11) is 1.60. The van der Waals surface area contributed by atoms with Gasteiger partial charge in [0.2, 0.25) is 5.91 Å². The standard InChI is InChI=1S/C26H20ClF2N3O2/c1-13-16-8-6-14(10-21(16)31-25(13)33)24-18-11-15(27)7-9-23(18)32(2)26(34)22(30-24)12-17-19(28)4-3-5-20(17)29/h3-11,13,22H,12H2,1-2H3,(H,31,33). The highest BCUT2D eigenvalue weighted by molar-refractivity contribution is 6.32. The highest BCUT2D eigenvalue weighted by Gasteiger charge is 2.33. The summed E-state index contributed by atoms with van der Waals surface area (Å²) < 4.78 is 28.8. The molecular weight excluding hydrogens is 460 g/mol. The number of hydrogen-bond donors (Lipinski definition) is 1. The van der Waals surface area contributed by atoms with Crippen molar-refractivity contribution in [2.45, 2.75) is 25.3 Å². The Balaban J connectivity index is 1.68. The van der Waals surface area contributed by atoms with Gasteiger partial charge < -0.3 is 10.2 Å². The Hall–Kier alpha value is -3.58. The molecule has 0 aliphatic carbocycles. The van der Waals surface area contributed by atoms with Gasteiger partial charge in [-0.2, -0.15) is 0 Å². The second kappa shape index (κ2) is 8.33. The van der Waals surface area contributed by atoms with Crippen LogP contribution in [0.25, 0.3) is 0 Å². The molecule has 2 atom stereocenters. The predicted molar refractivity (Wildman–Crippen MR) is 128 cm³/mol. The highest BCUT2D eigenvalue weighted by Crippen LogP contribution is 2.36. The van der Waals surface area contributed by atoms with Crippen LogP contribution in [0.5, 0.6) is 0 Å². The molecule has 0 fully saturated rings. The molecule has 0 spiro atoms. The van der Waals surface area contributed by atoms with Crippen LogP contribution < -0.4 is 10.2 Å². The second-order valence-electron chi connectivity index (χ2n) is 8.47. The number of benzene rings is 3. The molecule has 0 radical (unpaired) electrons. The number of hydrogen-bond acceptors (Lipinski definition) is 3. The van der Waals surface area contributed by atoms with E-state index in [-0.39, 0.29) is 23.8 Å². The van der Waals surface area contributed by atoms with Gasteiger partial charge in [0.25, 0.3) is 5.91 Å². The van der Waals surface area contributed by atoms with Crippen LogP contribution in [0.2, 0.25) is 5.02 Å².